The number of amides is 1. The number of carbonyl (C=O) groups excluding carboxylic acids is 1. The summed E-state index contributed by atoms with van der Waals surface area (Å²) in [5.41, 5.74) is 5.16. The Bertz CT molecular complexity index is 456. The normalized spacial score (nSPS) is 23.1. The van der Waals surface area contributed by atoms with Gasteiger partial charge in [0.25, 0.3) is 0 Å². The number of hydrogen-bond donors (Lipinski definition) is 2. The molecule has 1 aliphatic rings. The van der Waals surface area contributed by atoms with Crippen LogP contribution < -0.4 is 11.1 Å². The minimum Gasteiger partial charge on any atom is -0.397 e. The lowest BCUT2D eigenvalue weighted by Gasteiger charge is -2.12. The van der Waals surface area contributed by atoms with Crippen molar-refractivity contribution in [3.05, 3.63) is 23.8 Å². The number of carbonyl (C=O) groups is 1. The molecule has 1 aromatic carbocycles. The molecule has 1 amide bonds. The molecule has 1 fully saturated rings. The van der Waals surface area contributed by atoms with E-state index in [1.54, 1.807) is 0 Å². The number of benzene rings is 1. The lowest BCUT2D eigenvalue weighted by molar-refractivity contribution is -0.119. The van der Waals surface area contributed by atoms with E-state index in [2.05, 4.69) is 5.32 Å². The van der Waals surface area contributed by atoms with Crippen molar-refractivity contribution in [2.45, 2.75) is 19.4 Å². The Labute approximate surface area is 103 Å². The van der Waals surface area contributed by atoms with Gasteiger partial charge < -0.3 is 15.8 Å². The molecular formula is C12H14F2N2O2. The summed E-state index contributed by atoms with van der Waals surface area (Å²) in [7, 11) is 0. The van der Waals surface area contributed by atoms with Crippen LogP contribution in [0.2, 0.25) is 0 Å². The molecule has 0 spiro atoms. The maximum absolute atomic E-state index is 13.5. The number of rotatable bonds is 2. The highest BCUT2D eigenvalue weighted by Gasteiger charge is 2.29. The summed E-state index contributed by atoms with van der Waals surface area (Å²) in [6.45, 7) is 2.16. The van der Waals surface area contributed by atoms with Crippen LogP contribution in [0.15, 0.2) is 12.1 Å². The quantitative estimate of drug-likeness (QED) is 0.794. The molecule has 6 heteroatoms. The zero-order chi connectivity index (χ0) is 13.3. The van der Waals surface area contributed by atoms with Gasteiger partial charge in [0.1, 0.15) is 11.5 Å². The average Bonchev–Trinajstić information content (AvgIpc) is 2.70. The molecule has 0 aliphatic carbocycles. The second-order valence-corrected chi connectivity index (χ2v) is 4.42. The fourth-order valence-electron chi connectivity index (χ4n) is 1.95. The van der Waals surface area contributed by atoms with Crippen molar-refractivity contribution >= 4 is 17.3 Å². The van der Waals surface area contributed by atoms with E-state index in [1.165, 1.54) is 0 Å². The zero-order valence-electron chi connectivity index (χ0n) is 9.87. The van der Waals surface area contributed by atoms with E-state index in [9.17, 15) is 13.6 Å². The molecule has 0 radical (unpaired) electrons. The highest BCUT2D eigenvalue weighted by molar-refractivity contribution is 5.95. The zero-order valence-corrected chi connectivity index (χ0v) is 9.87. The van der Waals surface area contributed by atoms with Crippen LogP contribution in [-0.2, 0) is 9.53 Å². The summed E-state index contributed by atoms with van der Waals surface area (Å²) in [5, 5.41) is 2.38. The molecule has 2 unspecified atom stereocenters. The van der Waals surface area contributed by atoms with Crippen molar-refractivity contribution in [2.24, 2.45) is 5.92 Å². The van der Waals surface area contributed by atoms with Crippen molar-refractivity contribution < 1.29 is 18.3 Å². The van der Waals surface area contributed by atoms with E-state index in [1.807, 2.05) is 6.92 Å². The maximum Gasteiger partial charge on any atom is 0.230 e. The molecule has 2 rings (SSSR count). The fourth-order valence-corrected chi connectivity index (χ4v) is 1.95. The first kappa shape index (κ1) is 12.8. The van der Waals surface area contributed by atoms with Gasteiger partial charge >= 0.3 is 0 Å². The molecule has 0 bridgehead atoms. The van der Waals surface area contributed by atoms with Crippen LogP contribution in [0.3, 0.4) is 0 Å². The molecule has 4 nitrogen and oxygen atoms in total. The standard InChI is InChI=1S/C12H14F2N2O2/c1-6-2-7(5-18-6)12(17)16-11-9(14)3-8(13)4-10(11)15/h3-4,6-7H,2,5,15H2,1H3,(H,16,17). The molecule has 18 heavy (non-hydrogen) atoms. The monoisotopic (exact) mass is 256 g/mol. The second-order valence-electron chi connectivity index (χ2n) is 4.42. The second kappa shape index (κ2) is 4.89. The first-order valence-electron chi connectivity index (χ1n) is 5.64. The molecule has 0 saturated carbocycles. The van der Waals surface area contributed by atoms with Gasteiger partial charge in [-0.3, -0.25) is 4.79 Å². The van der Waals surface area contributed by atoms with E-state index in [0.717, 1.165) is 6.07 Å². The molecule has 2 atom stereocenters. The van der Waals surface area contributed by atoms with Crippen molar-refractivity contribution in [1.29, 1.82) is 0 Å². The number of nitrogens with two attached hydrogens (primary N) is 1. The summed E-state index contributed by atoms with van der Waals surface area (Å²) in [5.74, 6) is -2.35. The van der Waals surface area contributed by atoms with E-state index in [0.29, 0.717) is 19.1 Å². The highest BCUT2D eigenvalue weighted by Crippen LogP contribution is 2.26. The Balaban J connectivity index is 2.12. The van der Waals surface area contributed by atoms with Gasteiger partial charge in [-0.25, -0.2) is 8.78 Å². The third kappa shape index (κ3) is 2.59. The molecule has 0 aromatic heterocycles. The summed E-state index contributed by atoms with van der Waals surface area (Å²) in [4.78, 5) is 11.8. The number of nitrogens with one attached hydrogen (secondary N) is 1. The predicted molar refractivity (Wildman–Crippen MR) is 62.9 cm³/mol. The van der Waals surface area contributed by atoms with Gasteiger partial charge in [0, 0.05) is 6.07 Å². The molecule has 3 N–H and O–H groups in total. The minimum absolute atomic E-state index is 0.0103. The van der Waals surface area contributed by atoms with Gasteiger partial charge in [-0.05, 0) is 19.4 Å². The van der Waals surface area contributed by atoms with Crippen LogP contribution in [-0.4, -0.2) is 18.6 Å². The van der Waals surface area contributed by atoms with Crippen LogP contribution in [0.5, 0.6) is 0 Å². The van der Waals surface area contributed by atoms with Crippen LogP contribution in [0.25, 0.3) is 0 Å². The summed E-state index contributed by atoms with van der Waals surface area (Å²) < 4.78 is 31.6. The summed E-state index contributed by atoms with van der Waals surface area (Å²) in [6, 6.07) is 1.65. The topological polar surface area (TPSA) is 64.4 Å². The molecule has 1 aromatic rings. The number of ether oxygens (including phenoxy) is 1. The maximum atomic E-state index is 13.5. The van der Waals surface area contributed by atoms with Crippen molar-refractivity contribution in [3.63, 3.8) is 0 Å². The number of hydrogen-bond acceptors (Lipinski definition) is 3. The summed E-state index contributed by atoms with van der Waals surface area (Å²) in [6.07, 6.45) is 0.588. The van der Waals surface area contributed by atoms with Gasteiger partial charge in [-0.2, -0.15) is 0 Å². The Morgan fingerprint density at radius 2 is 2.22 bits per heavy atom. The molecule has 1 saturated heterocycles. The SMILES string of the molecule is CC1CC(C(=O)Nc2c(N)cc(F)cc2F)CO1. The Hall–Kier alpha value is -1.69. The van der Waals surface area contributed by atoms with Crippen LogP contribution in [0.4, 0.5) is 20.2 Å². The Kier molecular flexibility index (Phi) is 3.47. The van der Waals surface area contributed by atoms with E-state index < -0.39 is 11.6 Å². The minimum atomic E-state index is -0.882. The fraction of sp³-hybridized carbons (Fsp3) is 0.417. The van der Waals surface area contributed by atoms with Crippen LogP contribution in [0.1, 0.15) is 13.3 Å². The van der Waals surface area contributed by atoms with Crippen molar-refractivity contribution in [1.82, 2.24) is 0 Å². The van der Waals surface area contributed by atoms with Crippen LogP contribution in [0, 0.1) is 17.6 Å². The van der Waals surface area contributed by atoms with Crippen molar-refractivity contribution in [3.8, 4) is 0 Å². The first-order chi connectivity index (χ1) is 8.47. The van der Waals surface area contributed by atoms with Gasteiger partial charge in [0.15, 0.2) is 5.82 Å². The third-order valence-corrected chi connectivity index (χ3v) is 2.90. The third-order valence-electron chi connectivity index (χ3n) is 2.90. The van der Waals surface area contributed by atoms with Gasteiger partial charge in [0.2, 0.25) is 5.91 Å². The molecular weight excluding hydrogens is 242 g/mol. The van der Waals surface area contributed by atoms with Crippen LogP contribution >= 0.6 is 0 Å². The van der Waals surface area contributed by atoms with Gasteiger partial charge in [-0.1, -0.05) is 0 Å². The average molecular weight is 256 g/mol. The van der Waals surface area contributed by atoms with Gasteiger partial charge in [0.05, 0.1) is 24.3 Å². The molecule has 1 aliphatic heterocycles. The summed E-state index contributed by atoms with van der Waals surface area (Å²) >= 11 is 0. The van der Waals surface area contributed by atoms with E-state index in [-0.39, 0.29) is 29.3 Å². The number of nitrogen functional groups attached to an aromatic ring is 1. The first-order valence-corrected chi connectivity index (χ1v) is 5.64. The van der Waals surface area contributed by atoms with E-state index >= 15 is 0 Å². The van der Waals surface area contributed by atoms with Crippen molar-refractivity contribution in [2.75, 3.05) is 17.7 Å². The Morgan fingerprint density at radius 3 is 2.78 bits per heavy atom. The number of halogens is 2. The Morgan fingerprint density at radius 1 is 1.50 bits per heavy atom. The predicted octanol–water partition coefficient (Wildman–Crippen LogP) is 1.91. The molecule has 98 valence electrons. The largest absolute Gasteiger partial charge is 0.397 e. The molecule has 1 heterocycles. The number of anilines is 2. The highest BCUT2D eigenvalue weighted by atomic mass is 19.1. The smallest absolute Gasteiger partial charge is 0.230 e. The lowest BCUT2D eigenvalue weighted by atomic mass is 10.1. The van der Waals surface area contributed by atoms with E-state index in [4.69, 9.17) is 10.5 Å². The lowest BCUT2D eigenvalue weighted by Crippen LogP contribution is -2.24. The van der Waals surface area contributed by atoms with Gasteiger partial charge in [-0.15, -0.1) is 0 Å².